The summed E-state index contributed by atoms with van der Waals surface area (Å²) in [4.78, 5) is 23.4. The van der Waals surface area contributed by atoms with Crippen molar-refractivity contribution in [1.82, 2.24) is 5.32 Å². The van der Waals surface area contributed by atoms with Gasteiger partial charge in [0.2, 0.25) is 0 Å². The van der Waals surface area contributed by atoms with Gasteiger partial charge in [0.05, 0.1) is 0 Å². The third-order valence-corrected chi connectivity index (χ3v) is 3.41. The number of ether oxygens (including phenoxy) is 1. The second kappa shape index (κ2) is 6.09. The van der Waals surface area contributed by atoms with Crippen LogP contribution in [0.2, 0.25) is 0 Å². The van der Waals surface area contributed by atoms with Gasteiger partial charge in [-0.25, -0.2) is 14.0 Å². The number of carbonyl (C=O) groups is 2. The summed E-state index contributed by atoms with van der Waals surface area (Å²) in [6.07, 6.45) is 0.385. The quantitative estimate of drug-likeness (QED) is 0.795. The highest BCUT2D eigenvalue weighted by atomic mass is 19.1. The van der Waals surface area contributed by atoms with Gasteiger partial charge in [0.1, 0.15) is 11.4 Å². The molecule has 0 aromatic heterocycles. The van der Waals surface area contributed by atoms with Crippen molar-refractivity contribution in [2.75, 3.05) is 18.5 Å². The Morgan fingerprint density at radius 1 is 1.29 bits per heavy atom. The summed E-state index contributed by atoms with van der Waals surface area (Å²) in [6, 6.07) is 3.42. The van der Waals surface area contributed by atoms with Crippen LogP contribution >= 0.6 is 0 Å². The molecule has 2 rings (SSSR count). The number of urea groups is 1. The molecule has 0 spiro atoms. The minimum atomic E-state index is -1.34. The first-order chi connectivity index (χ1) is 9.91. The van der Waals surface area contributed by atoms with E-state index in [4.69, 9.17) is 4.74 Å². The largest absolute Gasteiger partial charge is 0.480 e. The number of carbonyl (C=O) groups excluding carboxylic acids is 1. The number of hydrogen-bond donors (Lipinski definition) is 3. The summed E-state index contributed by atoms with van der Waals surface area (Å²) in [7, 11) is 0. The molecule has 21 heavy (non-hydrogen) atoms. The molecule has 0 aliphatic carbocycles. The van der Waals surface area contributed by atoms with Gasteiger partial charge in [-0.1, -0.05) is 0 Å². The van der Waals surface area contributed by atoms with Gasteiger partial charge in [-0.15, -0.1) is 0 Å². The van der Waals surface area contributed by atoms with Crippen molar-refractivity contribution in [3.05, 3.63) is 29.6 Å². The minimum Gasteiger partial charge on any atom is -0.480 e. The topological polar surface area (TPSA) is 87.7 Å². The zero-order valence-electron chi connectivity index (χ0n) is 11.6. The van der Waals surface area contributed by atoms with E-state index in [0.717, 1.165) is 0 Å². The number of nitrogens with one attached hydrogen (secondary N) is 2. The predicted octanol–water partition coefficient (Wildman–Crippen LogP) is 1.89. The minimum absolute atomic E-state index is 0.192. The molecule has 1 saturated heterocycles. The fraction of sp³-hybridized carbons (Fsp3) is 0.429. The standard InChI is InChI=1S/C14H17FN2O4/c1-9-6-10(15)8-11(7-9)16-13(20)17-14(12(18)19)2-4-21-5-3-14/h6-8H,2-5H2,1H3,(H,18,19)(H2,16,17,20). The first-order valence-electron chi connectivity index (χ1n) is 6.59. The zero-order valence-corrected chi connectivity index (χ0v) is 11.6. The van der Waals surface area contributed by atoms with Gasteiger partial charge in [0.15, 0.2) is 0 Å². The highest BCUT2D eigenvalue weighted by Gasteiger charge is 2.41. The molecule has 0 saturated carbocycles. The monoisotopic (exact) mass is 296 g/mol. The van der Waals surface area contributed by atoms with Crippen LogP contribution in [0.5, 0.6) is 0 Å². The lowest BCUT2D eigenvalue weighted by atomic mass is 9.90. The van der Waals surface area contributed by atoms with Gasteiger partial charge in [-0.2, -0.15) is 0 Å². The van der Waals surface area contributed by atoms with E-state index < -0.39 is 23.4 Å². The van der Waals surface area contributed by atoms with Crippen molar-refractivity contribution in [1.29, 1.82) is 0 Å². The van der Waals surface area contributed by atoms with E-state index in [0.29, 0.717) is 5.56 Å². The fourth-order valence-corrected chi connectivity index (χ4v) is 2.30. The Labute approximate surface area is 121 Å². The highest BCUT2D eigenvalue weighted by molar-refractivity contribution is 5.94. The Morgan fingerprint density at radius 3 is 2.52 bits per heavy atom. The smallest absolute Gasteiger partial charge is 0.329 e. The van der Waals surface area contributed by atoms with Crippen LogP contribution in [-0.2, 0) is 9.53 Å². The van der Waals surface area contributed by atoms with Gasteiger partial charge in [0, 0.05) is 31.7 Å². The molecule has 1 aliphatic heterocycles. The molecular formula is C14H17FN2O4. The predicted molar refractivity (Wildman–Crippen MR) is 73.7 cm³/mol. The molecule has 0 radical (unpaired) electrons. The van der Waals surface area contributed by atoms with Crippen LogP contribution in [0.4, 0.5) is 14.9 Å². The lowest BCUT2D eigenvalue weighted by molar-refractivity contribution is -0.148. The number of carboxylic acids is 1. The number of anilines is 1. The molecule has 1 aromatic carbocycles. The second-order valence-corrected chi connectivity index (χ2v) is 5.10. The van der Waals surface area contributed by atoms with Crippen molar-refractivity contribution in [2.24, 2.45) is 0 Å². The van der Waals surface area contributed by atoms with Crippen LogP contribution in [0.1, 0.15) is 18.4 Å². The van der Waals surface area contributed by atoms with Crippen molar-refractivity contribution in [3.63, 3.8) is 0 Å². The van der Waals surface area contributed by atoms with E-state index in [1.807, 2.05) is 0 Å². The number of aryl methyl sites for hydroxylation is 1. The van der Waals surface area contributed by atoms with Gasteiger partial charge in [-0.3, -0.25) is 0 Å². The van der Waals surface area contributed by atoms with Crippen molar-refractivity contribution in [3.8, 4) is 0 Å². The number of amides is 2. The number of halogens is 1. The molecule has 114 valence electrons. The van der Waals surface area contributed by atoms with Crippen molar-refractivity contribution < 1.29 is 23.8 Å². The SMILES string of the molecule is Cc1cc(F)cc(NC(=O)NC2(C(=O)O)CCOCC2)c1. The molecule has 6 nitrogen and oxygen atoms in total. The van der Waals surface area contributed by atoms with E-state index in [-0.39, 0.29) is 31.7 Å². The fourth-order valence-electron chi connectivity index (χ4n) is 2.30. The number of hydrogen-bond acceptors (Lipinski definition) is 3. The molecule has 2 amide bonds. The Morgan fingerprint density at radius 2 is 1.95 bits per heavy atom. The van der Waals surface area contributed by atoms with Crippen LogP contribution in [0.25, 0.3) is 0 Å². The maximum atomic E-state index is 13.3. The third kappa shape index (κ3) is 3.69. The molecular weight excluding hydrogens is 279 g/mol. The van der Waals surface area contributed by atoms with E-state index in [2.05, 4.69) is 10.6 Å². The first kappa shape index (κ1) is 15.2. The number of aliphatic carboxylic acids is 1. The molecule has 7 heteroatoms. The molecule has 0 bridgehead atoms. The van der Waals surface area contributed by atoms with Gasteiger partial charge in [-0.05, 0) is 30.7 Å². The van der Waals surface area contributed by atoms with Crippen LogP contribution in [0, 0.1) is 12.7 Å². The Hall–Kier alpha value is -2.15. The zero-order chi connectivity index (χ0) is 15.5. The summed E-state index contributed by atoms with van der Waals surface area (Å²) in [5.74, 6) is -1.57. The van der Waals surface area contributed by atoms with Gasteiger partial charge >= 0.3 is 12.0 Å². The molecule has 1 aliphatic rings. The van der Waals surface area contributed by atoms with Crippen molar-refractivity contribution >= 4 is 17.7 Å². The molecule has 3 N–H and O–H groups in total. The van der Waals surface area contributed by atoms with E-state index in [1.54, 1.807) is 13.0 Å². The third-order valence-electron chi connectivity index (χ3n) is 3.41. The second-order valence-electron chi connectivity index (χ2n) is 5.10. The molecule has 1 heterocycles. The molecule has 1 fully saturated rings. The summed E-state index contributed by atoms with van der Waals surface area (Å²) >= 11 is 0. The van der Waals surface area contributed by atoms with Crippen LogP contribution < -0.4 is 10.6 Å². The van der Waals surface area contributed by atoms with Crippen LogP contribution in [0.3, 0.4) is 0 Å². The average Bonchev–Trinajstić information content (AvgIpc) is 2.37. The lowest BCUT2D eigenvalue weighted by Gasteiger charge is -2.33. The normalized spacial score (nSPS) is 17.0. The number of rotatable bonds is 3. The summed E-state index contributed by atoms with van der Waals surface area (Å²) in [5.41, 5.74) is -0.410. The lowest BCUT2D eigenvalue weighted by Crippen LogP contribution is -2.58. The van der Waals surface area contributed by atoms with Crippen LogP contribution in [-0.4, -0.2) is 35.9 Å². The Bertz CT molecular complexity index is 536. The number of carboxylic acid groups (broad SMARTS) is 1. The molecule has 0 unspecified atom stereocenters. The maximum Gasteiger partial charge on any atom is 0.329 e. The Kier molecular flexibility index (Phi) is 4.42. The van der Waals surface area contributed by atoms with Gasteiger partial charge in [0.25, 0.3) is 0 Å². The first-order valence-corrected chi connectivity index (χ1v) is 6.59. The number of benzene rings is 1. The van der Waals surface area contributed by atoms with Crippen LogP contribution in [0.15, 0.2) is 18.2 Å². The maximum absolute atomic E-state index is 13.3. The molecule has 0 atom stereocenters. The Balaban J connectivity index is 2.07. The molecule has 1 aromatic rings. The summed E-state index contributed by atoms with van der Waals surface area (Å²) in [5, 5.41) is 14.3. The van der Waals surface area contributed by atoms with E-state index >= 15 is 0 Å². The summed E-state index contributed by atoms with van der Waals surface area (Å²) < 4.78 is 18.4. The van der Waals surface area contributed by atoms with Crippen molar-refractivity contribution in [2.45, 2.75) is 25.3 Å². The van der Waals surface area contributed by atoms with E-state index in [9.17, 15) is 19.1 Å². The average molecular weight is 296 g/mol. The van der Waals surface area contributed by atoms with E-state index in [1.165, 1.54) is 12.1 Å². The highest BCUT2D eigenvalue weighted by Crippen LogP contribution is 2.21. The van der Waals surface area contributed by atoms with Gasteiger partial charge < -0.3 is 20.5 Å². The summed E-state index contributed by atoms with van der Waals surface area (Å²) in [6.45, 7) is 2.24.